The zero-order valence-corrected chi connectivity index (χ0v) is 13.5. The Hall–Kier alpha value is -0.870. The van der Waals surface area contributed by atoms with Gasteiger partial charge in [0, 0.05) is 41.4 Å². The lowest BCUT2D eigenvalue weighted by Crippen LogP contribution is -2.37. The maximum absolute atomic E-state index is 11.9. The molecule has 2 fully saturated rings. The Morgan fingerprint density at radius 1 is 1.25 bits per heavy atom. The van der Waals surface area contributed by atoms with Gasteiger partial charge in [-0.05, 0) is 50.9 Å². The van der Waals surface area contributed by atoms with Gasteiger partial charge < -0.3 is 4.90 Å². The monoisotopic (exact) mass is 336 g/mol. The molecule has 0 aliphatic carbocycles. The molecule has 2 aliphatic rings. The van der Waals surface area contributed by atoms with Gasteiger partial charge in [0.05, 0.1) is 0 Å². The second-order valence-corrected chi connectivity index (χ2v) is 6.76. The molecular formula is C16H21BrN2O. The number of Topliss-reactive ketones (excluding diaryl/α,β-unsaturated/α-hetero) is 1. The summed E-state index contributed by atoms with van der Waals surface area (Å²) >= 11 is 3.54. The number of carbonyl (C=O) groups is 1. The molecule has 2 aliphatic heterocycles. The number of benzene rings is 1. The quantitative estimate of drug-likeness (QED) is 0.774. The van der Waals surface area contributed by atoms with Crippen molar-refractivity contribution in [1.82, 2.24) is 4.90 Å². The fourth-order valence-corrected chi connectivity index (χ4v) is 3.84. The average Bonchev–Trinajstić information content (AvgIpc) is 2.75. The van der Waals surface area contributed by atoms with Crippen LogP contribution >= 0.6 is 15.9 Å². The second kappa shape index (κ2) is 5.86. The number of hydrogen-bond donors (Lipinski definition) is 0. The minimum atomic E-state index is 0.153. The van der Waals surface area contributed by atoms with Gasteiger partial charge in [0.1, 0.15) is 0 Å². The molecule has 1 aromatic rings. The van der Waals surface area contributed by atoms with Crippen LogP contribution in [0.15, 0.2) is 22.7 Å². The van der Waals surface area contributed by atoms with Gasteiger partial charge in [-0.25, -0.2) is 0 Å². The summed E-state index contributed by atoms with van der Waals surface area (Å²) in [4.78, 5) is 16.9. The predicted octanol–water partition coefficient (Wildman–Crippen LogP) is 3.33. The van der Waals surface area contributed by atoms with Crippen LogP contribution in [-0.2, 0) is 0 Å². The van der Waals surface area contributed by atoms with Gasteiger partial charge in [0.25, 0.3) is 0 Å². The summed E-state index contributed by atoms with van der Waals surface area (Å²) in [6, 6.07) is 6.66. The maximum atomic E-state index is 11.9. The summed E-state index contributed by atoms with van der Waals surface area (Å²) in [6.07, 6.45) is 3.79. The molecular weight excluding hydrogens is 316 g/mol. The van der Waals surface area contributed by atoms with Gasteiger partial charge in [0.15, 0.2) is 5.78 Å². The summed E-state index contributed by atoms with van der Waals surface area (Å²) in [7, 11) is 0. The van der Waals surface area contributed by atoms with Crippen molar-refractivity contribution in [2.24, 2.45) is 0 Å². The Morgan fingerprint density at radius 3 is 2.85 bits per heavy atom. The standard InChI is InChI=1S/C16H21BrN2O/c1-12(20)15-6-5-13(17)10-16(15)19-9-3-8-18-7-2-4-14(18)11-19/h5-6,10,14H,2-4,7-9,11H2,1H3. The van der Waals surface area contributed by atoms with Crippen LogP contribution in [0.3, 0.4) is 0 Å². The molecule has 108 valence electrons. The third-order valence-corrected chi connectivity index (χ3v) is 4.98. The number of carbonyl (C=O) groups excluding carboxylic acids is 1. The van der Waals surface area contributed by atoms with E-state index in [2.05, 4.69) is 31.8 Å². The van der Waals surface area contributed by atoms with Gasteiger partial charge >= 0.3 is 0 Å². The van der Waals surface area contributed by atoms with Crippen molar-refractivity contribution in [3.05, 3.63) is 28.2 Å². The Balaban J connectivity index is 1.91. The molecule has 2 saturated heterocycles. The smallest absolute Gasteiger partial charge is 0.161 e. The highest BCUT2D eigenvalue weighted by atomic mass is 79.9. The third kappa shape index (κ3) is 2.77. The molecule has 0 aromatic heterocycles. The third-order valence-electron chi connectivity index (χ3n) is 4.48. The van der Waals surface area contributed by atoms with Crippen LogP contribution < -0.4 is 4.90 Å². The fraction of sp³-hybridized carbons (Fsp3) is 0.562. The molecule has 2 heterocycles. The van der Waals surface area contributed by atoms with E-state index in [9.17, 15) is 4.79 Å². The zero-order valence-electron chi connectivity index (χ0n) is 11.9. The fourth-order valence-electron chi connectivity index (χ4n) is 3.49. The molecule has 1 atom stereocenters. The molecule has 0 amide bonds. The summed E-state index contributed by atoms with van der Waals surface area (Å²) in [5.41, 5.74) is 1.94. The Labute approximate surface area is 129 Å². The molecule has 1 unspecified atom stereocenters. The normalized spacial score (nSPS) is 23.5. The SMILES string of the molecule is CC(=O)c1ccc(Br)cc1N1CCCN2CCCC2C1. The van der Waals surface area contributed by atoms with Crippen LogP contribution in [0.1, 0.15) is 36.5 Å². The summed E-state index contributed by atoms with van der Waals surface area (Å²) in [5, 5.41) is 0. The van der Waals surface area contributed by atoms with E-state index in [4.69, 9.17) is 0 Å². The van der Waals surface area contributed by atoms with Crippen molar-refractivity contribution < 1.29 is 4.79 Å². The molecule has 3 nitrogen and oxygen atoms in total. The Kier molecular flexibility index (Phi) is 4.13. The van der Waals surface area contributed by atoms with E-state index < -0.39 is 0 Å². The van der Waals surface area contributed by atoms with Crippen molar-refractivity contribution >= 4 is 27.4 Å². The average molecular weight is 337 g/mol. The highest BCUT2D eigenvalue weighted by molar-refractivity contribution is 9.10. The molecule has 4 heteroatoms. The Morgan fingerprint density at radius 2 is 2.05 bits per heavy atom. The summed E-state index contributed by atoms with van der Waals surface area (Å²) in [5.74, 6) is 0.153. The lowest BCUT2D eigenvalue weighted by atomic mass is 10.1. The number of fused-ring (bicyclic) bond motifs is 1. The van der Waals surface area contributed by atoms with Gasteiger partial charge in [-0.1, -0.05) is 15.9 Å². The topological polar surface area (TPSA) is 23.6 Å². The molecule has 0 spiro atoms. The van der Waals surface area contributed by atoms with Crippen molar-refractivity contribution in [3.63, 3.8) is 0 Å². The van der Waals surface area contributed by atoms with E-state index in [1.165, 1.54) is 32.4 Å². The van der Waals surface area contributed by atoms with Crippen LogP contribution in [0, 0.1) is 0 Å². The molecule has 0 radical (unpaired) electrons. The van der Waals surface area contributed by atoms with Crippen LogP contribution in [0.4, 0.5) is 5.69 Å². The molecule has 0 N–H and O–H groups in total. The van der Waals surface area contributed by atoms with Crippen molar-refractivity contribution in [2.75, 3.05) is 31.1 Å². The molecule has 0 saturated carbocycles. The van der Waals surface area contributed by atoms with E-state index >= 15 is 0 Å². The number of rotatable bonds is 2. The lowest BCUT2D eigenvalue weighted by molar-refractivity contribution is 0.101. The Bertz CT molecular complexity index is 517. The maximum Gasteiger partial charge on any atom is 0.161 e. The molecule has 20 heavy (non-hydrogen) atoms. The van der Waals surface area contributed by atoms with Crippen molar-refractivity contribution in [2.45, 2.75) is 32.2 Å². The number of anilines is 1. The van der Waals surface area contributed by atoms with Crippen LogP contribution in [0.25, 0.3) is 0 Å². The van der Waals surface area contributed by atoms with E-state index in [0.29, 0.717) is 6.04 Å². The van der Waals surface area contributed by atoms with Gasteiger partial charge in [-0.2, -0.15) is 0 Å². The molecule has 3 rings (SSSR count). The molecule has 0 bridgehead atoms. The minimum absolute atomic E-state index is 0.153. The van der Waals surface area contributed by atoms with E-state index in [-0.39, 0.29) is 5.78 Å². The number of hydrogen-bond acceptors (Lipinski definition) is 3. The predicted molar refractivity (Wildman–Crippen MR) is 85.6 cm³/mol. The molecule has 1 aromatic carbocycles. The van der Waals surface area contributed by atoms with Gasteiger partial charge in [0.2, 0.25) is 0 Å². The van der Waals surface area contributed by atoms with Crippen LogP contribution in [-0.4, -0.2) is 42.9 Å². The zero-order chi connectivity index (χ0) is 14.1. The highest BCUT2D eigenvalue weighted by Gasteiger charge is 2.29. The van der Waals surface area contributed by atoms with E-state index in [1.807, 2.05) is 12.1 Å². The van der Waals surface area contributed by atoms with Gasteiger partial charge in [-0.15, -0.1) is 0 Å². The first-order valence-corrected chi connectivity index (χ1v) is 8.24. The summed E-state index contributed by atoms with van der Waals surface area (Å²) in [6.45, 7) is 6.20. The van der Waals surface area contributed by atoms with Crippen molar-refractivity contribution in [1.29, 1.82) is 0 Å². The largest absolute Gasteiger partial charge is 0.369 e. The number of ketones is 1. The first-order valence-electron chi connectivity index (χ1n) is 7.44. The first kappa shape index (κ1) is 14.1. The van der Waals surface area contributed by atoms with Crippen LogP contribution in [0.2, 0.25) is 0 Å². The number of halogens is 1. The number of nitrogens with zero attached hydrogens (tertiary/aromatic N) is 2. The van der Waals surface area contributed by atoms with Crippen LogP contribution in [0.5, 0.6) is 0 Å². The first-order chi connectivity index (χ1) is 9.65. The highest BCUT2D eigenvalue weighted by Crippen LogP contribution is 2.29. The van der Waals surface area contributed by atoms with Crippen molar-refractivity contribution in [3.8, 4) is 0 Å². The van der Waals surface area contributed by atoms with Gasteiger partial charge in [-0.3, -0.25) is 9.69 Å². The van der Waals surface area contributed by atoms with E-state index in [0.717, 1.165) is 28.8 Å². The lowest BCUT2D eigenvalue weighted by Gasteiger charge is -2.28. The van der Waals surface area contributed by atoms with E-state index in [1.54, 1.807) is 6.92 Å². The second-order valence-electron chi connectivity index (χ2n) is 5.85. The summed E-state index contributed by atoms with van der Waals surface area (Å²) < 4.78 is 1.05. The minimum Gasteiger partial charge on any atom is -0.369 e.